The van der Waals surface area contributed by atoms with Gasteiger partial charge in [0, 0.05) is 37.7 Å². The predicted molar refractivity (Wildman–Crippen MR) is 112 cm³/mol. The molecule has 0 aromatic heterocycles. The van der Waals surface area contributed by atoms with Crippen molar-refractivity contribution < 1.29 is 29.6 Å². The van der Waals surface area contributed by atoms with Gasteiger partial charge in [0.05, 0.1) is 18.3 Å². The lowest BCUT2D eigenvalue weighted by Crippen LogP contribution is -2.62. The minimum absolute atomic E-state index is 0.0833. The fourth-order valence-electron chi connectivity index (χ4n) is 4.08. The highest BCUT2D eigenvalue weighted by Crippen LogP contribution is 2.29. The van der Waals surface area contributed by atoms with Crippen molar-refractivity contribution in [2.24, 2.45) is 0 Å². The third kappa shape index (κ3) is 5.76. The summed E-state index contributed by atoms with van der Waals surface area (Å²) < 4.78 is 10.7. The summed E-state index contributed by atoms with van der Waals surface area (Å²) in [6, 6.07) is 6.87. The van der Waals surface area contributed by atoms with Gasteiger partial charge in [-0.15, -0.1) is 0 Å². The van der Waals surface area contributed by atoms with Crippen molar-refractivity contribution in [1.29, 1.82) is 0 Å². The number of rotatable bonds is 6. The van der Waals surface area contributed by atoms with E-state index in [-0.39, 0.29) is 19.2 Å². The van der Waals surface area contributed by atoms with E-state index in [4.69, 9.17) is 21.1 Å². The summed E-state index contributed by atoms with van der Waals surface area (Å²) in [4.78, 5) is 15.4. The van der Waals surface area contributed by atoms with E-state index < -0.39 is 17.3 Å². The van der Waals surface area contributed by atoms with Crippen molar-refractivity contribution in [1.82, 2.24) is 9.80 Å². The zero-order valence-corrected chi connectivity index (χ0v) is 18.1. The molecular weight excluding hydrogens is 412 g/mol. The smallest absolute Gasteiger partial charge is 0.409 e. The summed E-state index contributed by atoms with van der Waals surface area (Å²) in [5.74, 6) is 0.519. The fourth-order valence-corrected chi connectivity index (χ4v) is 4.26. The van der Waals surface area contributed by atoms with Crippen LogP contribution in [-0.4, -0.2) is 94.5 Å². The van der Waals surface area contributed by atoms with Crippen molar-refractivity contribution in [3.63, 3.8) is 0 Å². The number of amides is 1. The summed E-state index contributed by atoms with van der Waals surface area (Å²) in [5.41, 5.74) is -2.41. The Bertz CT molecular complexity index is 727. The maximum absolute atomic E-state index is 11.9. The molecule has 30 heavy (non-hydrogen) atoms. The van der Waals surface area contributed by atoms with Gasteiger partial charge in [-0.3, -0.25) is 4.90 Å². The fraction of sp³-hybridized carbons (Fsp3) is 0.667. The van der Waals surface area contributed by atoms with Crippen molar-refractivity contribution in [2.75, 3.05) is 45.9 Å². The Kier molecular flexibility index (Phi) is 7.47. The number of nitrogens with zero attached hydrogens (tertiary/aromatic N) is 2. The van der Waals surface area contributed by atoms with E-state index in [0.717, 1.165) is 0 Å². The van der Waals surface area contributed by atoms with Crippen molar-refractivity contribution >= 4 is 17.7 Å². The lowest BCUT2D eigenvalue weighted by molar-refractivity contribution is -0.150. The van der Waals surface area contributed by atoms with Crippen LogP contribution >= 0.6 is 11.6 Å². The first-order valence-corrected chi connectivity index (χ1v) is 10.8. The minimum atomic E-state index is -1.46. The standard InChI is InChI=1S/C21H31ClN2O6/c1-2-29-19(26)24-10-7-20(27,8-11-24)13-23-9-6-18(25)21(28,14-23)15-30-17-5-3-4-16(22)12-17/h3-5,12,18,25,27-28H,2,6-11,13-15H2,1H3/t18-,21-/m0/s1. The van der Waals surface area contributed by atoms with Gasteiger partial charge in [-0.05, 0) is 44.4 Å². The van der Waals surface area contributed by atoms with Crippen LogP contribution in [0.25, 0.3) is 0 Å². The minimum Gasteiger partial charge on any atom is -0.490 e. The van der Waals surface area contributed by atoms with E-state index >= 15 is 0 Å². The largest absolute Gasteiger partial charge is 0.490 e. The topological polar surface area (TPSA) is 103 Å². The highest BCUT2D eigenvalue weighted by atomic mass is 35.5. The van der Waals surface area contributed by atoms with Crippen molar-refractivity contribution in [2.45, 2.75) is 43.5 Å². The number of carbonyl (C=O) groups excluding carboxylic acids is 1. The first-order chi connectivity index (χ1) is 14.2. The van der Waals surface area contributed by atoms with E-state index in [9.17, 15) is 20.1 Å². The van der Waals surface area contributed by atoms with Gasteiger partial charge in [-0.25, -0.2) is 4.79 Å². The Hall–Kier alpha value is -1.58. The van der Waals surface area contributed by atoms with Gasteiger partial charge >= 0.3 is 6.09 Å². The first kappa shape index (κ1) is 23.1. The van der Waals surface area contributed by atoms with Gasteiger partial charge in [0.2, 0.25) is 0 Å². The normalized spacial score (nSPS) is 27.0. The maximum Gasteiger partial charge on any atom is 0.409 e. The Morgan fingerprint density at radius 2 is 2.00 bits per heavy atom. The lowest BCUT2D eigenvalue weighted by atomic mass is 9.86. The number of aliphatic hydroxyl groups is 3. The molecule has 0 bridgehead atoms. The SMILES string of the molecule is CCOC(=O)N1CCC(O)(CN2CC[C@H](O)[C@@](O)(COc3cccc(Cl)c3)C2)CC1. The third-order valence-corrected chi connectivity index (χ3v) is 6.09. The number of β-amino-alcohol motifs (C(OH)–C–C–N with tert-alkyl or cyclic N) is 2. The monoisotopic (exact) mass is 442 g/mol. The number of hydrogen-bond acceptors (Lipinski definition) is 7. The number of halogens is 1. The number of carbonyl (C=O) groups is 1. The highest BCUT2D eigenvalue weighted by molar-refractivity contribution is 6.30. The molecule has 2 atom stereocenters. The molecule has 3 rings (SSSR count). The average Bonchev–Trinajstić information content (AvgIpc) is 2.70. The van der Waals surface area contributed by atoms with Gasteiger partial charge in [0.1, 0.15) is 18.0 Å². The van der Waals surface area contributed by atoms with E-state index in [0.29, 0.717) is 62.8 Å². The van der Waals surface area contributed by atoms with Gasteiger partial charge < -0.3 is 29.7 Å². The van der Waals surface area contributed by atoms with Crippen molar-refractivity contribution in [3.05, 3.63) is 29.3 Å². The third-order valence-electron chi connectivity index (χ3n) is 5.86. The van der Waals surface area contributed by atoms with Gasteiger partial charge in [-0.1, -0.05) is 17.7 Å². The summed E-state index contributed by atoms with van der Waals surface area (Å²) in [7, 11) is 0. The quantitative estimate of drug-likeness (QED) is 0.613. The molecule has 0 radical (unpaired) electrons. The van der Waals surface area contributed by atoms with Gasteiger partial charge in [-0.2, -0.15) is 0 Å². The van der Waals surface area contributed by atoms with Crippen LogP contribution in [0.2, 0.25) is 5.02 Å². The summed E-state index contributed by atoms with van der Waals surface area (Å²) >= 11 is 5.96. The van der Waals surface area contributed by atoms with Gasteiger partial charge in [0.25, 0.3) is 0 Å². The molecule has 1 amide bonds. The maximum atomic E-state index is 11.9. The molecule has 1 aromatic rings. The van der Waals surface area contributed by atoms with Crippen LogP contribution in [0, 0.1) is 0 Å². The highest BCUT2D eigenvalue weighted by Gasteiger charge is 2.44. The Morgan fingerprint density at radius 1 is 1.27 bits per heavy atom. The zero-order chi connectivity index (χ0) is 21.8. The molecule has 2 aliphatic heterocycles. The molecule has 2 aliphatic rings. The second kappa shape index (κ2) is 9.70. The van der Waals surface area contributed by atoms with Crippen LogP contribution in [0.15, 0.2) is 24.3 Å². The lowest BCUT2D eigenvalue weighted by Gasteiger charge is -2.46. The second-order valence-electron chi connectivity index (χ2n) is 8.28. The molecule has 9 heteroatoms. The number of aliphatic hydroxyl groups excluding tert-OH is 1. The molecule has 0 saturated carbocycles. The summed E-state index contributed by atoms with van der Waals surface area (Å²) in [6.45, 7) is 3.95. The first-order valence-electron chi connectivity index (χ1n) is 10.4. The van der Waals surface area contributed by atoms with E-state index in [2.05, 4.69) is 0 Å². The van der Waals surface area contributed by atoms with Crippen LogP contribution < -0.4 is 4.74 Å². The molecule has 1 aromatic carbocycles. The Balaban J connectivity index is 1.55. The van der Waals surface area contributed by atoms with Crippen LogP contribution in [0.1, 0.15) is 26.2 Å². The Morgan fingerprint density at radius 3 is 2.67 bits per heavy atom. The van der Waals surface area contributed by atoms with Crippen LogP contribution in [-0.2, 0) is 4.74 Å². The number of benzene rings is 1. The number of ether oxygens (including phenoxy) is 2. The molecule has 0 spiro atoms. The molecular formula is C21H31ClN2O6. The number of piperidine rings is 2. The number of likely N-dealkylation sites (tertiary alicyclic amines) is 2. The zero-order valence-electron chi connectivity index (χ0n) is 17.3. The summed E-state index contributed by atoms with van der Waals surface area (Å²) in [5, 5.41) is 33.0. The Labute approximate surface area is 181 Å². The molecule has 0 aliphatic carbocycles. The number of hydrogen-bond donors (Lipinski definition) is 3. The van der Waals surface area contributed by atoms with Crippen LogP contribution in [0.5, 0.6) is 5.75 Å². The molecule has 3 N–H and O–H groups in total. The molecule has 168 valence electrons. The van der Waals surface area contributed by atoms with E-state index in [1.807, 2.05) is 4.90 Å². The predicted octanol–water partition coefficient (Wildman–Crippen LogP) is 1.50. The van der Waals surface area contributed by atoms with Crippen molar-refractivity contribution in [3.8, 4) is 5.75 Å². The van der Waals surface area contributed by atoms with E-state index in [1.54, 1.807) is 36.1 Å². The van der Waals surface area contributed by atoms with Gasteiger partial charge in [0.15, 0.2) is 0 Å². The average molecular weight is 443 g/mol. The molecule has 2 saturated heterocycles. The molecule has 8 nitrogen and oxygen atoms in total. The van der Waals surface area contributed by atoms with Crippen LogP contribution in [0.4, 0.5) is 4.79 Å². The molecule has 0 unspecified atom stereocenters. The molecule has 2 fully saturated rings. The van der Waals surface area contributed by atoms with E-state index in [1.165, 1.54) is 0 Å². The van der Waals surface area contributed by atoms with Crippen LogP contribution in [0.3, 0.4) is 0 Å². The molecule has 2 heterocycles. The summed E-state index contributed by atoms with van der Waals surface area (Å²) in [6.07, 6.45) is -0.0353. The second-order valence-corrected chi connectivity index (χ2v) is 8.71.